The van der Waals surface area contributed by atoms with Gasteiger partial charge in [0.1, 0.15) is 11.8 Å². The van der Waals surface area contributed by atoms with Crippen LogP contribution >= 0.6 is 0 Å². The van der Waals surface area contributed by atoms with Gasteiger partial charge in [0.2, 0.25) is 0 Å². The molecule has 1 N–H and O–H groups in total. The fourth-order valence-corrected chi connectivity index (χ4v) is 7.33. The second-order valence-electron chi connectivity index (χ2n) is 12.2. The van der Waals surface area contributed by atoms with Gasteiger partial charge in [-0.25, -0.2) is 0 Å². The molecule has 4 nitrogen and oxygen atoms in total. The number of unbranched alkanes of at least 4 members (excludes halogenated alkanes) is 2. The van der Waals surface area contributed by atoms with Crippen molar-refractivity contribution in [3.8, 4) is 11.8 Å². The highest BCUT2D eigenvalue weighted by Crippen LogP contribution is 2.49. The van der Waals surface area contributed by atoms with E-state index in [1.165, 1.54) is 30.4 Å². The first-order chi connectivity index (χ1) is 16.1. The Morgan fingerprint density at radius 2 is 1.94 bits per heavy atom. The van der Waals surface area contributed by atoms with Gasteiger partial charge in [-0.15, -0.1) is 0 Å². The van der Waals surface area contributed by atoms with Crippen molar-refractivity contribution < 1.29 is 14.3 Å². The van der Waals surface area contributed by atoms with Crippen molar-refractivity contribution in [1.29, 1.82) is 5.26 Å². The van der Waals surface area contributed by atoms with Crippen LogP contribution in [0.15, 0.2) is 18.2 Å². The van der Waals surface area contributed by atoms with Crippen LogP contribution in [0.4, 0.5) is 0 Å². The molecule has 1 aromatic rings. The third-order valence-electron chi connectivity index (χ3n) is 8.86. The second-order valence-corrected chi connectivity index (χ2v) is 17.0. The molecule has 2 aliphatic rings. The molecule has 5 atom stereocenters. The second kappa shape index (κ2) is 11.6. The highest BCUT2D eigenvalue weighted by molar-refractivity contribution is 6.74. The van der Waals surface area contributed by atoms with E-state index >= 15 is 0 Å². The molecule has 0 saturated heterocycles. The lowest BCUT2D eigenvalue weighted by Gasteiger charge is -2.40. The largest absolute Gasteiger partial charge is 0.478 e. The van der Waals surface area contributed by atoms with E-state index in [1.54, 1.807) is 0 Å². The molecule has 34 heavy (non-hydrogen) atoms. The maximum atomic E-state index is 11.1. The van der Waals surface area contributed by atoms with Crippen LogP contribution < -0.4 is 4.74 Å². The third kappa shape index (κ3) is 6.45. The summed E-state index contributed by atoms with van der Waals surface area (Å²) in [7, 11) is -1.83. The Morgan fingerprint density at radius 3 is 2.62 bits per heavy atom. The Morgan fingerprint density at radius 1 is 1.18 bits per heavy atom. The number of nitriles is 1. The molecule has 5 heteroatoms. The Hall–Kier alpha value is -1.35. The summed E-state index contributed by atoms with van der Waals surface area (Å²) < 4.78 is 12.7. The molecule has 0 radical (unpaired) electrons. The highest BCUT2D eigenvalue weighted by atomic mass is 28.4. The van der Waals surface area contributed by atoms with Crippen LogP contribution in [-0.4, -0.2) is 32.2 Å². The van der Waals surface area contributed by atoms with E-state index in [1.807, 2.05) is 12.1 Å². The Labute approximate surface area is 209 Å². The molecule has 2 aliphatic carbocycles. The molecule has 190 valence electrons. The summed E-state index contributed by atoms with van der Waals surface area (Å²) in [5.41, 5.74) is 2.60. The average Bonchev–Trinajstić information content (AvgIpc) is 3.07. The maximum absolute atomic E-state index is 11.1. The molecular weight excluding hydrogens is 438 g/mol. The van der Waals surface area contributed by atoms with Crippen molar-refractivity contribution in [2.45, 2.75) is 116 Å². The van der Waals surface area contributed by atoms with Crippen molar-refractivity contribution in [3.63, 3.8) is 0 Å². The number of benzene rings is 1. The number of ether oxygens (including phenoxy) is 1. The normalized spacial score (nSPS) is 25.4. The van der Waals surface area contributed by atoms with E-state index in [2.05, 4.69) is 52.9 Å². The molecule has 1 saturated carbocycles. The van der Waals surface area contributed by atoms with Gasteiger partial charge < -0.3 is 14.3 Å². The van der Waals surface area contributed by atoms with Crippen LogP contribution in [-0.2, 0) is 17.3 Å². The van der Waals surface area contributed by atoms with Gasteiger partial charge in [0, 0.05) is 6.10 Å². The number of fused-ring (bicyclic) bond motifs is 2. The predicted octanol–water partition coefficient (Wildman–Crippen LogP) is 7.05. The van der Waals surface area contributed by atoms with Gasteiger partial charge in [-0.3, -0.25) is 0 Å². The quantitative estimate of drug-likeness (QED) is 0.269. The number of aliphatic hydroxyl groups is 1. The van der Waals surface area contributed by atoms with E-state index < -0.39 is 8.32 Å². The van der Waals surface area contributed by atoms with Crippen LogP contribution in [0.3, 0.4) is 0 Å². The fraction of sp³-hybridized carbons (Fsp3) is 0.759. The summed E-state index contributed by atoms with van der Waals surface area (Å²) in [5.74, 6) is 2.20. The van der Waals surface area contributed by atoms with Crippen LogP contribution in [0.1, 0.15) is 83.8 Å². The van der Waals surface area contributed by atoms with Gasteiger partial charge >= 0.3 is 0 Å². The topological polar surface area (TPSA) is 62.5 Å². The lowest BCUT2D eigenvalue weighted by atomic mass is 9.73. The molecule has 0 aliphatic heterocycles. The lowest BCUT2D eigenvalue weighted by molar-refractivity contribution is 0.0896. The maximum Gasteiger partial charge on any atom is 0.192 e. The Kier molecular flexibility index (Phi) is 9.28. The molecule has 1 aromatic carbocycles. The van der Waals surface area contributed by atoms with Crippen LogP contribution in [0, 0.1) is 29.1 Å². The fourth-order valence-electron chi connectivity index (χ4n) is 5.91. The molecule has 0 amide bonds. The molecule has 0 heterocycles. The zero-order valence-corrected chi connectivity index (χ0v) is 23.4. The number of hydrogen-bond donors (Lipinski definition) is 1. The first-order valence-corrected chi connectivity index (χ1v) is 16.4. The molecule has 1 fully saturated rings. The molecule has 0 bridgehead atoms. The third-order valence-corrected chi connectivity index (χ3v) is 13.4. The summed E-state index contributed by atoms with van der Waals surface area (Å²) in [5, 5.41) is 20.3. The van der Waals surface area contributed by atoms with Gasteiger partial charge in [-0.2, -0.15) is 5.26 Å². The van der Waals surface area contributed by atoms with Gasteiger partial charge in [0.05, 0.1) is 6.10 Å². The zero-order valence-electron chi connectivity index (χ0n) is 22.4. The predicted molar refractivity (Wildman–Crippen MR) is 141 cm³/mol. The smallest absolute Gasteiger partial charge is 0.192 e. The first-order valence-electron chi connectivity index (χ1n) is 13.5. The molecule has 0 aromatic heterocycles. The van der Waals surface area contributed by atoms with E-state index in [0.29, 0.717) is 23.9 Å². The minimum Gasteiger partial charge on any atom is -0.478 e. The van der Waals surface area contributed by atoms with Crippen molar-refractivity contribution >= 4 is 8.32 Å². The van der Waals surface area contributed by atoms with Crippen molar-refractivity contribution in [2.75, 3.05) is 6.61 Å². The van der Waals surface area contributed by atoms with Crippen molar-refractivity contribution in [1.82, 2.24) is 0 Å². The number of nitrogens with zero attached hydrogens (tertiary/aromatic N) is 1. The summed E-state index contributed by atoms with van der Waals surface area (Å²) in [6.45, 7) is 14.0. The van der Waals surface area contributed by atoms with E-state index in [-0.39, 0.29) is 17.7 Å². The van der Waals surface area contributed by atoms with E-state index in [9.17, 15) is 5.11 Å². The van der Waals surface area contributed by atoms with Gasteiger partial charge in [-0.1, -0.05) is 59.1 Å². The van der Waals surface area contributed by atoms with Gasteiger partial charge in [0.15, 0.2) is 14.9 Å². The minimum absolute atomic E-state index is 0.0842. The van der Waals surface area contributed by atoms with Gasteiger partial charge in [-0.05, 0) is 91.6 Å². The highest BCUT2D eigenvalue weighted by Gasteiger charge is 2.45. The summed E-state index contributed by atoms with van der Waals surface area (Å²) in [6.07, 6.45) is 9.86. The average molecular weight is 486 g/mol. The van der Waals surface area contributed by atoms with E-state index in [0.717, 1.165) is 44.3 Å². The minimum atomic E-state index is -1.83. The Balaban J connectivity index is 1.71. The van der Waals surface area contributed by atoms with Crippen molar-refractivity contribution in [3.05, 3.63) is 29.3 Å². The van der Waals surface area contributed by atoms with Gasteiger partial charge in [0.25, 0.3) is 0 Å². The molecule has 0 spiro atoms. The zero-order chi connectivity index (χ0) is 24.9. The SMILES string of the molecule is CCCCC[C@@H](CC[C@@H]1C2Cc3c(cccc3OCC#N)CC2C[C@H]1O)O[Si](C)(C)C(C)(C)C. The van der Waals surface area contributed by atoms with E-state index in [4.69, 9.17) is 14.4 Å². The van der Waals surface area contributed by atoms with Crippen molar-refractivity contribution in [2.24, 2.45) is 17.8 Å². The van der Waals surface area contributed by atoms with Crippen LogP contribution in [0.5, 0.6) is 5.75 Å². The number of aliphatic hydroxyl groups excluding tert-OH is 1. The molecule has 2 unspecified atom stereocenters. The molecule has 3 rings (SSSR count). The number of rotatable bonds is 11. The lowest BCUT2D eigenvalue weighted by Crippen LogP contribution is -2.44. The van der Waals surface area contributed by atoms with Crippen LogP contribution in [0.2, 0.25) is 18.1 Å². The summed E-state index contributed by atoms with van der Waals surface area (Å²) >= 11 is 0. The monoisotopic (exact) mass is 485 g/mol. The summed E-state index contributed by atoms with van der Waals surface area (Å²) in [6, 6.07) is 8.32. The Bertz CT molecular complexity index is 841. The first kappa shape index (κ1) is 27.2. The standard InChI is InChI=1S/C29H47NO3Si/c1-7-8-9-12-23(33-34(5,6)29(2,3)4)14-15-24-25-20-26-21(18-22(25)19-27(24)31)11-10-13-28(26)32-17-16-30/h10-11,13,22-25,27,31H,7-9,12,14-15,17-20H2,1-6H3/t22?,23-,24+,25?,27+/m0/s1. The summed E-state index contributed by atoms with van der Waals surface area (Å²) in [4.78, 5) is 0. The van der Waals surface area contributed by atoms with Crippen LogP contribution in [0.25, 0.3) is 0 Å². The molecular formula is C29H47NO3Si. The number of hydrogen-bond acceptors (Lipinski definition) is 4.